The second-order valence-corrected chi connectivity index (χ2v) is 9.52. The molecule has 5 nitrogen and oxygen atoms in total. The molecule has 0 saturated carbocycles. The van der Waals surface area contributed by atoms with Gasteiger partial charge in [-0.25, -0.2) is 0 Å². The molecule has 2 aromatic rings. The van der Waals surface area contributed by atoms with Gasteiger partial charge in [-0.3, -0.25) is 9.59 Å². The molecule has 0 radical (unpaired) electrons. The quantitative estimate of drug-likeness (QED) is 0.477. The number of aryl methyl sites for hydroxylation is 3. The number of amides is 2. The van der Waals surface area contributed by atoms with Crippen molar-refractivity contribution in [2.45, 2.75) is 60.5 Å². The zero-order valence-corrected chi connectivity index (χ0v) is 21.6. The smallest absolute Gasteiger partial charge is 0.261 e. The van der Waals surface area contributed by atoms with Crippen molar-refractivity contribution in [1.29, 1.82) is 0 Å². The number of hydrogen-bond acceptors (Lipinski definition) is 3. The minimum Gasteiger partial charge on any atom is -0.484 e. The van der Waals surface area contributed by atoms with Gasteiger partial charge in [-0.05, 0) is 61.9 Å². The zero-order chi connectivity index (χ0) is 23.8. The number of halogens is 1. The number of nitrogens with one attached hydrogen (secondary N) is 1. The summed E-state index contributed by atoms with van der Waals surface area (Å²) in [6, 6.07) is 11.3. The van der Waals surface area contributed by atoms with E-state index in [1.54, 1.807) is 4.90 Å². The summed E-state index contributed by atoms with van der Waals surface area (Å²) in [4.78, 5) is 27.8. The number of rotatable bonds is 10. The highest BCUT2D eigenvalue weighted by Gasteiger charge is 2.29. The molecule has 0 aliphatic carbocycles. The molecular formula is C26H35BrN2O3. The molecule has 0 bridgehead atoms. The molecule has 0 saturated heterocycles. The lowest BCUT2D eigenvalue weighted by atomic mass is 10.1. The van der Waals surface area contributed by atoms with Gasteiger partial charge in [0.15, 0.2) is 6.61 Å². The Hall–Kier alpha value is -2.34. The Bertz CT molecular complexity index is 902. The Morgan fingerprint density at radius 2 is 1.66 bits per heavy atom. The summed E-state index contributed by atoms with van der Waals surface area (Å²) < 4.78 is 6.88. The van der Waals surface area contributed by atoms with E-state index in [1.165, 1.54) is 0 Å². The van der Waals surface area contributed by atoms with Crippen LogP contribution in [0.2, 0.25) is 0 Å². The largest absolute Gasteiger partial charge is 0.484 e. The minimum absolute atomic E-state index is 0.125. The lowest BCUT2D eigenvalue weighted by Crippen LogP contribution is -2.50. The lowest BCUT2D eigenvalue weighted by molar-refractivity contribution is -0.143. The normalized spacial score (nSPS) is 11.9. The van der Waals surface area contributed by atoms with E-state index in [0.717, 1.165) is 26.7 Å². The van der Waals surface area contributed by atoms with Gasteiger partial charge in [0.05, 0.1) is 0 Å². The molecule has 0 aromatic heterocycles. The third-order valence-corrected chi connectivity index (χ3v) is 6.57. The van der Waals surface area contributed by atoms with Gasteiger partial charge in [-0.2, -0.15) is 0 Å². The van der Waals surface area contributed by atoms with Crippen molar-refractivity contribution >= 4 is 27.7 Å². The SMILES string of the molecule is CCC(C(=O)NCC(C)C)N(Cc1ccc(C)cc1)C(=O)COc1cc(C)c(Br)c(C)c1. The van der Waals surface area contributed by atoms with Gasteiger partial charge < -0.3 is 15.0 Å². The summed E-state index contributed by atoms with van der Waals surface area (Å²) in [5.74, 6) is 0.640. The molecule has 0 heterocycles. The molecule has 2 rings (SSSR count). The van der Waals surface area contributed by atoms with E-state index in [9.17, 15) is 9.59 Å². The Balaban J connectivity index is 2.22. The Morgan fingerprint density at radius 3 is 2.19 bits per heavy atom. The molecule has 1 atom stereocenters. The van der Waals surface area contributed by atoms with Gasteiger partial charge in [-0.15, -0.1) is 0 Å². The minimum atomic E-state index is -0.556. The van der Waals surface area contributed by atoms with Crippen molar-refractivity contribution in [3.8, 4) is 5.75 Å². The van der Waals surface area contributed by atoms with E-state index in [-0.39, 0.29) is 18.4 Å². The number of hydrogen-bond donors (Lipinski definition) is 1. The van der Waals surface area contributed by atoms with Crippen LogP contribution in [-0.2, 0) is 16.1 Å². The standard InChI is InChI=1S/C26H35BrN2O3/c1-7-23(26(31)28-14-17(2)3)29(15-21-10-8-18(4)9-11-21)24(30)16-32-22-12-19(5)25(27)20(6)13-22/h8-13,17,23H,7,14-16H2,1-6H3,(H,28,31). The van der Waals surface area contributed by atoms with Crippen LogP contribution in [-0.4, -0.2) is 35.9 Å². The molecule has 0 aliphatic rings. The average Bonchev–Trinajstić information content (AvgIpc) is 2.75. The van der Waals surface area contributed by atoms with Crippen LogP contribution in [0.5, 0.6) is 5.75 Å². The predicted octanol–water partition coefficient (Wildman–Crippen LogP) is 5.33. The van der Waals surface area contributed by atoms with Crippen LogP contribution in [0.3, 0.4) is 0 Å². The van der Waals surface area contributed by atoms with Crippen LogP contribution in [0.1, 0.15) is 49.4 Å². The number of benzene rings is 2. The first-order valence-electron chi connectivity index (χ1n) is 11.1. The fourth-order valence-corrected chi connectivity index (χ4v) is 3.68. The van der Waals surface area contributed by atoms with E-state index in [4.69, 9.17) is 4.74 Å². The van der Waals surface area contributed by atoms with Crippen LogP contribution in [0, 0.1) is 26.7 Å². The number of carbonyl (C=O) groups excluding carboxylic acids is 2. The summed E-state index contributed by atoms with van der Waals surface area (Å²) in [6.45, 7) is 12.8. The zero-order valence-electron chi connectivity index (χ0n) is 20.0. The predicted molar refractivity (Wildman–Crippen MR) is 133 cm³/mol. The van der Waals surface area contributed by atoms with Crippen LogP contribution < -0.4 is 10.1 Å². The lowest BCUT2D eigenvalue weighted by Gasteiger charge is -2.31. The van der Waals surface area contributed by atoms with Gasteiger partial charge in [0.25, 0.3) is 5.91 Å². The maximum absolute atomic E-state index is 13.3. The average molecular weight is 503 g/mol. The van der Waals surface area contributed by atoms with Crippen molar-refractivity contribution in [2.75, 3.05) is 13.2 Å². The topological polar surface area (TPSA) is 58.6 Å². The third-order valence-electron chi connectivity index (χ3n) is 5.32. The Labute approximate surface area is 200 Å². The highest BCUT2D eigenvalue weighted by atomic mass is 79.9. The van der Waals surface area contributed by atoms with Gasteiger partial charge in [-0.1, -0.05) is 66.5 Å². The fourth-order valence-electron chi connectivity index (χ4n) is 3.45. The third kappa shape index (κ3) is 7.37. The van der Waals surface area contributed by atoms with Crippen LogP contribution >= 0.6 is 15.9 Å². The number of nitrogens with zero attached hydrogens (tertiary/aromatic N) is 1. The van der Waals surface area contributed by atoms with Gasteiger partial charge in [0, 0.05) is 17.6 Å². The molecule has 0 aliphatic heterocycles. The van der Waals surface area contributed by atoms with E-state index in [2.05, 4.69) is 21.2 Å². The van der Waals surface area contributed by atoms with Gasteiger partial charge in [0.1, 0.15) is 11.8 Å². The summed E-state index contributed by atoms with van der Waals surface area (Å²) in [7, 11) is 0. The molecule has 174 valence electrons. The van der Waals surface area contributed by atoms with Crippen molar-refractivity contribution < 1.29 is 14.3 Å². The van der Waals surface area contributed by atoms with E-state index < -0.39 is 6.04 Å². The van der Waals surface area contributed by atoms with Crippen LogP contribution in [0.4, 0.5) is 0 Å². The highest BCUT2D eigenvalue weighted by Crippen LogP contribution is 2.26. The van der Waals surface area contributed by atoms with Gasteiger partial charge in [0.2, 0.25) is 5.91 Å². The highest BCUT2D eigenvalue weighted by molar-refractivity contribution is 9.10. The molecule has 1 unspecified atom stereocenters. The Morgan fingerprint density at radius 1 is 1.06 bits per heavy atom. The molecule has 2 aromatic carbocycles. The molecular weight excluding hydrogens is 468 g/mol. The monoisotopic (exact) mass is 502 g/mol. The van der Waals surface area contributed by atoms with Gasteiger partial charge >= 0.3 is 0 Å². The van der Waals surface area contributed by atoms with E-state index in [0.29, 0.717) is 31.2 Å². The molecule has 0 spiro atoms. The second-order valence-electron chi connectivity index (χ2n) is 8.73. The fraction of sp³-hybridized carbons (Fsp3) is 0.462. The summed E-state index contributed by atoms with van der Waals surface area (Å²) in [5, 5.41) is 2.98. The molecule has 6 heteroatoms. The molecule has 2 amide bonds. The first-order chi connectivity index (χ1) is 15.1. The van der Waals surface area contributed by atoms with Crippen LogP contribution in [0.25, 0.3) is 0 Å². The van der Waals surface area contributed by atoms with Crippen LogP contribution in [0.15, 0.2) is 40.9 Å². The maximum atomic E-state index is 13.3. The van der Waals surface area contributed by atoms with E-state index >= 15 is 0 Å². The molecule has 0 fully saturated rings. The summed E-state index contributed by atoms with van der Waals surface area (Å²) >= 11 is 3.55. The number of ether oxygens (including phenoxy) is 1. The van der Waals surface area contributed by atoms with Crippen molar-refractivity contribution in [3.63, 3.8) is 0 Å². The Kier molecular flexibility index (Phi) is 9.76. The van der Waals surface area contributed by atoms with Crippen molar-refractivity contribution in [3.05, 3.63) is 63.1 Å². The summed E-state index contributed by atoms with van der Waals surface area (Å²) in [6.07, 6.45) is 0.526. The molecule has 32 heavy (non-hydrogen) atoms. The van der Waals surface area contributed by atoms with E-state index in [1.807, 2.05) is 77.9 Å². The maximum Gasteiger partial charge on any atom is 0.261 e. The first kappa shape index (κ1) is 25.9. The summed E-state index contributed by atoms with van der Waals surface area (Å²) in [5.41, 5.74) is 4.22. The number of carbonyl (C=O) groups is 2. The second kappa shape index (κ2) is 12.0. The van der Waals surface area contributed by atoms with Crippen molar-refractivity contribution in [1.82, 2.24) is 10.2 Å². The first-order valence-corrected chi connectivity index (χ1v) is 11.9. The van der Waals surface area contributed by atoms with Crippen molar-refractivity contribution in [2.24, 2.45) is 5.92 Å². The molecule has 1 N–H and O–H groups in total.